The first-order valence-electron chi connectivity index (χ1n) is 7.26. The van der Waals surface area contributed by atoms with Gasteiger partial charge in [-0.15, -0.1) is 0 Å². The molecule has 1 heterocycles. The average molecular weight is 287 g/mol. The third-order valence-corrected chi connectivity index (χ3v) is 4.37. The third-order valence-electron chi connectivity index (χ3n) is 4.37. The van der Waals surface area contributed by atoms with Gasteiger partial charge in [-0.2, -0.15) is 5.26 Å². The molecular weight excluding hydrogens is 266 g/mol. The molecule has 2 rings (SSSR count). The van der Waals surface area contributed by atoms with Gasteiger partial charge in [-0.3, -0.25) is 10.1 Å². The van der Waals surface area contributed by atoms with E-state index in [2.05, 4.69) is 31.7 Å². The summed E-state index contributed by atoms with van der Waals surface area (Å²) in [4.78, 5) is 12.5. The molecule has 0 spiro atoms. The highest BCUT2D eigenvalue weighted by Crippen LogP contribution is 2.36. The van der Waals surface area contributed by atoms with Gasteiger partial charge in [-0.25, -0.2) is 0 Å². The van der Waals surface area contributed by atoms with Crippen LogP contribution in [0.25, 0.3) is 0 Å². The van der Waals surface area contributed by atoms with Gasteiger partial charge in [-0.1, -0.05) is 20.8 Å². The highest BCUT2D eigenvalue weighted by atomic mass is 16.6. The van der Waals surface area contributed by atoms with Crippen molar-refractivity contribution >= 4 is 11.4 Å². The van der Waals surface area contributed by atoms with Crippen molar-refractivity contribution in [1.82, 2.24) is 0 Å². The van der Waals surface area contributed by atoms with Crippen LogP contribution in [0.5, 0.6) is 0 Å². The molecule has 0 amide bonds. The van der Waals surface area contributed by atoms with Crippen LogP contribution in [0, 0.1) is 32.8 Å². The van der Waals surface area contributed by atoms with Gasteiger partial charge >= 0.3 is 0 Å². The van der Waals surface area contributed by atoms with Gasteiger partial charge in [0.05, 0.1) is 16.2 Å². The second-order valence-electron chi connectivity index (χ2n) is 6.70. The number of hydrogen-bond donors (Lipinski definition) is 0. The van der Waals surface area contributed by atoms with Gasteiger partial charge in [0.15, 0.2) is 0 Å². The molecule has 0 bridgehead atoms. The molecule has 0 unspecified atom stereocenters. The predicted molar refractivity (Wildman–Crippen MR) is 82.2 cm³/mol. The Kier molecular flexibility index (Phi) is 4.17. The fourth-order valence-electron chi connectivity index (χ4n) is 2.99. The van der Waals surface area contributed by atoms with Crippen LogP contribution in [-0.2, 0) is 0 Å². The Morgan fingerprint density at radius 3 is 2.43 bits per heavy atom. The maximum absolute atomic E-state index is 10.8. The summed E-state index contributed by atoms with van der Waals surface area (Å²) in [5.41, 5.74) is 1.48. The van der Waals surface area contributed by atoms with Gasteiger partial charge < -0.3 is 4.90 Å². The van der Waals surface area contributed by atoms with Crippen LogP contribution in [0.4, 0.5) is 11.4 Å². The molecule has 1 aromatic carbocycles. The fraction of sp³-hybridized carbons (Fsp3) is 0.562. The molecule has 1 fully saturated rings. The van der Waals surface area contributed by atoms with Crippen molar-refractivity contribution in [2.75, 3.05) is 18.0 Å². The monoisotopic (exact) mass is 287 g/mol. The smallest absolute Gasteiger partial charge is 0.270 e. The third kappa shape index (κ3) is 3.33. The van der Waals surface area contributed by atoms with E-state index < -0.39 is 4.92 Å². The first kappa shape index (κ1) is 15.3. The van der Waals surface area contributed by atoms with Crippen molar-refractivity contribution < 1.29 is 4.92 Å². The highest BCUT2D eigenvalue weighted by molar-refractivity contribution is 5.63. The minimum absolute atomic E-state index is 0.0279. The van der Waals surface area contributed by atoms with E-state index in [9.17, 15) is 15.4 Å². The van der Waals surface area contributed by atoms with E-state index >= 15 is 0 Å². The van der Waals surface area contributed by atoms with Crippen LogP contribution in [0.15, 0.2) is 18.2 Å². The van der Waals surface area contributed by atoms with E-state index in [4.69, 9.17) is 0 Å². The van der Waals surface area contributed by atoms with Gasteiger partial charge in [0.2, 0.25) is 0 Å². The molecule has 1 aromatic rings. The molecule has 0 radical (unpaired) electrons. The molecular formula is C16H21N3O2. The number of piperidine rings is 1. The predicted octanol–water partition coefficient (Wildman–Crippen LogP) is 3.73. The van der Waals surface area contributed by atoms with Gasteiger partial charge in [0.1, 0.15) is 6.07 Å². The lowest BCUT2D eigenvalue weighted by atomic mass is 9.75. The quantitative estimate of drug-likeness (QED) is 0.614. The number of nitriles is 1. The van der Waals surface area contributed by atoms with Crippen molar-refractivity contribution in [3.63, 3.8) is 0 Å². The second-order valence-corrected chi connectivity index (χ2v) is 6.70. The molecule has 5 nitrogen and oxygen atoms in total. The Morgan fingerprint density at radius 2 is 1.95 bits per heavy atom. The first-order chi connectivity index (χ1) is 9.82. The summed E-state index contributed by atoms with van der Waals surface area (Å²) >= 11 is 0. The van der Waals surface area contributed by atoms with E-state index in [-0.39, 0.29) is 5.69 Å². The number of rotatable bonds is 2. The van der Waals surface area contributed by atoms with Crippen LogP contribution in [0.3, 0.4) is 0 Å². The zero-order valence-electron chi connectivity index (χ0n) is 12.8. The number of non-ortho nitro benzene ring substituents is 1. The molecule has 1 saturated heterocycles. The summed E-state index contributed by atoms with van der Waals surface area (Å²) in [6.07, 6.45) is 2.18. The van der Waals surface area contributed by atoms with Crippen LogP contribution in [0.1, 0.15) is 39.2 Å². The second kappa shape index (κ2) is 5.72. The number of nitro benzene ring substituents is 1. The maximum Gasteiger partial charge on any atom is 0.270 e. The number of nitrogens with zero attached hydrogens (tertiary/aromatic N) is 3. The lowest BCUT2D eigenvalue weighted by Gasteiger charge is -2.40. The Balaban J connectivity index is 2.17. The molecule has 0 N–H and O–H groups in total. The van der Waals surface area contributed by atoms with Crippen molar-refractivity contribution in [3.05, 3.63) is 33.9 Å². The van der Waals surface area contributed by atoms with Crippen LogP contribution in [0.2, 0.25) is 0 Å². The molecule has 0 saturated carbocycles. The van der Waals surface area contributed by atoms with Crippen molar-refractivity contribution in [2.24, 2.45) is 11.3 Å². The summed E-state index contributed by atoms with van der Waals surface area (Å²) in [6.45, 7) is 8.59. The minimum Gasteiger partial charge on any atom is -0.370 e. The Labute approximate surface area is 125 Å². The van der Waals surface area contributed by atoms with Gasteiger partial charge in [-0.05, 0) is 30.2 Å². The first-order valence-corrected chi connectivity index (χ1v) is 7.26. The normalized spacial score (nSPS) is 16.6. The van der Waals surface area contributed by atoms with E-state index in [0.717, 1.165) is 31.6 Å². The minimum atomic E-state index is -0.462. The molecule has 21 heavy (non-hydrogen) atoms. The number of hydrogen-bond acceptors (Lipinski definition) is 4. The summed E-state index contributed by atoms with van der Waals surface area (Å²) in [5, 5.41) is 20.0. The number of nitro groups is 1. The summed E-state index contributed by atoms with van der Waals surface area (Å²) < 4.78 is 0. The van der Waals surface area contributed by atoms with E-state index in [1.54, 1.807) is 6.07 Å². The Bertz CT molecular complexity index is 576. The zero-order valence-corrected chi connectivity index (χ0v) is 12.8. The molecule has 112 valence electrons. The van der Waals surface area contributed by atoms with Gasteiger partial charge in [0, 0.05) is 25.2 Å². The highest BCUT2D eigenvalue weighted by Gasteiger charge is 2.29. The largest absolute Gasteiger partial charge is 0.370 e. The average Bonchev–Trinajstić information content (AvgIpc) is 2.45. The SMILES string of the molecule is CC(C)(C)C1CCN(c2ccc([N+](=O)[O-])cc2C#N)CC1. The van der Waals surface area contributed by atoms with Crippen LogP contribution in [-0.4, -0.2) is 18.0 Å². The molecule has 0 aliphatic carbocycles. The molecule has 5 heteroatoms. The van der Waals surface area contributed by atoms with E-state index in [1.165, 1.54) is 12.1 Å². The lowest BCUT2D eigenvalue weighted by Crippen LogP contribution is -2.38. The zero-order chi connectivity index (χ0) is 15.6. The summed E-state index contributed by atoms with van der Waals surface area (Å²) in [5.74, 6) is 0.678. The fourth-order valence-corrected chi connectivity index (χ4v) is 2.99. The van der Waals surface area contributed by atoms with E-state index in [1.807, 2.05) is 0 Å². The number of anilines is 1. The van der Waals surface area contributed by atoms with Crippen molar-refractivity contribution in [3.8, 4) is 6.07 Å². The molecule has 1 aliphatic rings. The lowest BCUT2D eigenvalue weighted by molar-refractivity contribution is -0.384. The topological polar surface area (TPSA) is 70.2 Å². The van der Waals surface area contributed by atoms with Crippen molar-refractivity contribution in [1.29, 1.82) is 5.26 Å². The maximum atomic E-state index is 10.8. The van der Waals surface area contributed by atoms with E-state index in [0.29, 0.717) is 16.9 Å². The van der Waals surface area contributed by atoms with Crippen LogP contribution < -0.4 is 4.90 Å². The number of benzene rings is 1. The molecule has 0 aromatic heterocycles. The standard InChI is InChI=1S/C16H21N3O2/c1-16(2,3)13-6-8-18(9-7-13)15-5-4-14(19(20)21)10-12(15)11-17/h4-5,10,13H,6-9H2,1-3H3. The van der Waals surface area contributed by atoms with Gasteiger partial charge in [0.25, 0.3) is 5.69 Å². The van der Waals surface area contributed by atoms with Crippen LogP contribution >= 0.6 is 0 Å². The Morgan fingerprint density at radius 1 is 1.33 bits per heavy atom. The summed E-state index contributed by atoms with van der Waals surface area (Å²) in [6, 6.07) is 6.63. The Hall–Kier alpha value is -2.09. The van der Waals surface area contributed by atoms with Crippen molar-refractivity contribution in [2.45, 2.75) is 33.6 Å². The summed E-state index contributed by atoms with van der Waals surface area (Å²) in [7, 11) is 0. The molecule has 0 atom stereocenters. The molecule has 1 aliphatic heterocycles.